The molecule has 0 saturated carbocycles. The summed E-state index contributed by atoms with van der Waals surface area (Å²) in [6.07, 6.45) is 0. The molecule has 0 aliphatic rings. The fourth-order valence-corrected chi connectivity index (χ4v) is 12.0. The topological polar surface area (TPSA) is 485 Å². The molecule has 92 heavy (non-hydrogen) atoms. The zero-order chi connectivity index (χ0) is 63.0. The molecule has 0 saturated heterocycles. The number of halogens is 2. The van der Waals surface area contributed by atoms with Gasteiger partial charge < -0.3 is 59.9 Å². The number of nitrogens with one attached hydrogen (secondary N) is 6. The summed E-state index contributed by atoms with van der Waals surface area (Å²) in [5.41, 5.74) is -3.68. The third-order valence-corrected chi connectivity index (χ3v) is 16.7. The smallest absolute Gasteiger partial charge is 0.744 e. The maximum absolute atomic E-state index is 15.2. The van der Waals surface area contributed by atoms with Crippen LogP contribution in [0, 0.1) is 11.6 Å². The first-order valence-electron chi connectivity index (χ1n) is 22.9. The van der Waals surface area contributed by atoms with Gasteiger partial charge in [-0.2, -0.15) is 4.33 Å². The first kappa shape index (κ1) is 85.2. The Kier molecular flexibility index (Phi) is 32.0. The van der Waals surface area contributed by atoms with Gasteiger partial charge in [0.05, 0.1) is 59.3 Å². The molecule has 448 valence electrons. The van der Waals surface area contributed by atoms with E-state index in [1.54, 1.807) is 0 Å². The molecular weight excluding hydrogens is 1410 g/mol. The molecule has 0 fully saturated rings. The number of carbonyl (C=O) groups is 5. The van der Waals surface area contributed by atoms with Gasteiger partial charge in [-0.25, -0.2) is 55.7 Å². The monoisotopic (exact) mass is 1440 g/mol. The molecule has 0 spiro atoms. The largest absolute Gasteiger partial charge is 1.00 e. The van der Waals surface area contributed by atoms with Gasteiger partial charge in [-0.3, -0.25) is 24.2 Å². The van der Waals surface area contributed by atoms with Crippen LogP contribution in [0.3, 0.4) is 0 Å². The van der Waals surface area contributed by atoms with Crippen LogP contribution in [0.5, 0.6) is 0 Å². The van der Waals surface area contributed by atoms with Gasteiger partial charge in [0, 0.05) is 60.1 Å². The number of hydrogen-bond donors (Lipinski definition) is 6. The molecule has 0 aromatic heterocycles. The van der Waals surface area contributed by atoms with E-state index in [1.807, 2.05) is 0 Å². The zero-order valence-electron chi connectivity index (χ0n) is 47.8. The summed E-state index contributed by atoms with van der Waals surface area (Å²) in [5.74, 6) is -6.56. The van der Waals surface area contributed by atoms with E-state index in [9.17, 15) is 94.1 Å². The van der Waals surface area contributed by atoms with Gasteiger partial charge in [-0.1, -0.05) is 12.1 Å². The van der Waals surface area contributed by atoms with Crippen molar-refractivity contribution in [1.29, 1.82) is 0 Å². The van der Waals surface area contributed by atoms with Crippen molar-refractivity contribution in [2.75, 3.05) is 31.9 Å². The number of hydrogen-bond acceptors (Lipinski definition) is 24. The van der Waals surface area contributed by atoms with Crippen LogP contribution in [-0.2, 0) is 60.0 Å². The summed E-state index contributed by atoms with van der Waals surface area (Å²) in [5, 5.41) is 24.5. The van der Waals surface area contributed by atoms with Crippen molar-refractivity contribution in [3.8, 4) is 0 Å². The van der Waals surface area contributed by atoms with Crippen molar-refractivity contribution in [2.45, 2.75) is 29.4 Å². The molecule has 8 rings (SSSR count). The first-order chi connectivity index (χ1) is 40.1. The van der Waals surface area contributed by atoms with Crippen LogP contribution in [0.1, 0.15) is 41.4 Å². The van der Waals surface area contributed by atoms with Crippen molar-refractivity contribution in [3.63, 3.8) is 0 Å². The molecule has 8 aromatic carbocycles. The first-order valence-corrected chi connectivity index (χ1v) is 30.7. The minimum Gasteiger partial charge on any atom is -0.744 e. The second-order valence-electron chi connectivity index (χ2n) is 17.3. The number of carbonyl (C=O) groups excluding carboxylic acids is 5. The number of rotatable bonds is 18. The molecular formula is C49H28F2N6Na6O23S6. The maximum atomic E-state index is 15.2. The Bertz CT molecular complexity index is 4860. The molecule has 29 nitrogen and oxygen atoms in total. The second-order valence-corrected chi connectivity index (χ2v) is 24.9. The molecule has 0 radical (unpaired) electrons. The number of urea groups is 1. The summed E-state index contributed by atoms with van der Waals surface area (Å²) < 4.78 is 215. The average Bonchev–Trinajstić information content (AvgIpc) is 0.870. The van der Waals surface area contributed by atoms with Crippen LogP contribution < -0.4 is 215 Å². The third-order valence-electron chi connectivity index (χ3n) is 11.8. The Hall–Kier alpha value is -2.93. The van der Waals surface area contributed by atoms with Crippen molar-refractivity contribution >= 4 is 148 Å². The molecule has 0 unspecified atom stereocenters. The van der Waals surface area contributed by atoms with E-state index in [1.165, 1.54) is 36.4 Å². The van der Waals surface area contributed by atoms with Crippen molar-refractivity contribution < 1.29 is 290 Å². The van der Waals surface area contributed by atoms with Gasteiger partial charge in [-0.15, -0.1) is 0 Å². The Balaban J connectivity index is 0.00000480. The summed E-state index contributed by atoms with van der Waals surface area (Å²) >= 11 is -0.0281. The van der Waals surface area contributed by atoms with Crippen molar-refractivity contribution in [3.05, 3.63) is 167 Å². The van der Waals surface area contributed by atoms with Crippen LogP contribution in [0.25, 0.3) is 21.5 Å². The Morgan fingerprint density at radius 2 is 0.739 bits per heavy atom. The van der Waals surface area contributed by atoms with Gasteiger partial charge in [0.15, 0.2) is 0 Å². The molecule has 0 bridgehead atoms. The fourth-order valence-electron chi connectivity index (χ4n) is 8.11. The molecule has 6 N–H and O–H groups in total. The van der Waals surface area contributed by atoms with Gasteiger partial charge in [0.25, 0.3) is 23.6 Å². The fraction of sp³-hybridized carbons (Fsp3) is 0. The molecule has 0 atom stereocenters. The number of fused-ring (bicyclic) bond motifs is 2. The Labute approximate surface area is 656 Å². The quantitative estimate of drug-likeness (QED) is 0.0153. The van der Waals surface area contributed by atoms with Crippen LogP contribution >= 0.6 is 12.0 Å². The summed E-state index contributed by atoms with van der Waals surface area (Å²) in [6.45, 7) is 0. The summed E-state index contributed by atoms with van der Waals surface area (Å²) in [7, 11) is -27.7. The van der Waals surface area contributed by atoms with E-state index < -0.39 is 165 Å². The van der Waals surface area contributed by atoms with E-state index in [2.05, 4.69) is 41.3 Å². The minimum atomic E-state index is -5.80. The molecule has 0 aliphatic heterocycles. The van der Waals surface area contributed by atoms with Crippen molar-refractivity contribution in [1.82, 2.24) is 0 Å². The van der Waals surface area contributed by atoms with Crippen LogP contribution in [0.2, 0.25) is 0 Å². The second kappa shape index (κ2) is 34.5. The van der Waals surface area contributed by atoms with Gasteiger partial charge >= 0.3 is 183 Å². The van der Waals surface area contributed by atoms with Gasteiger partial charge in [0.1, 0.15) is 62.2 Å². The van der Waals surface area contributed by atoms with Crippen LogP contribution in [0.15, 0.2) is 163 Å². The predicted octanol–water partition coefficient (Wildman–Crippen LogP) is -13.3. The van der Waals surface area contributed by atoms with Gasteiger partial charge in [-0.05, 0) is 121 Å². The van der Waals surface area contributed by atoms with E-state index in [-0.39, 0.29) is 229 Å². The van der Waals surface area contributed by atoms with E-state index in [4.69, 9.17) is 0 Å². The Morgan fingerprint density at radius 3 is 1.12 bits per heavy atom. The number of anilines is 6. The molecule has 6 amide bonds. The summed E-state index contributed by atoms with van der Waals surface area (Å²) in [4.78, 5) is 60.2. The van der Waals surface area contributed by atoms with Crippen LogP contribution in [-0.4, -0.2) is 94.5 Å². The SMILES string of the molecule is O=C(Nc1cccc(C(=O)Nc2cc(C(=O)Nc3ccc(S(=O)(=O)[O-])c4cc(S(=O)(=O)[O-])cc(SOO[O-])c34)ccc2F)c1)Nc1cccc(C(=O)Nc2cc(C(=O)Nc3ccc(S(=O)(=O)[O-])c4cc(S(=O)(=O)[O-])cc(S(=O)(=O)[O-])c34)ccc2F)c1.[Na+].[Na+].[Na+].[Na+].[Na+].[Na+]. The predicted molar refractivity (Wildman–Crippen MR) is 286 cm³/mol. The number of amides is 6. The normalized spacial score (nSPS) is 11.3. The number of benzene rings is 8. The molecule has 0 heterocycles. The van der Waals surface area contributed by atoms with E-state index in [0.29, 0.717) is 42.5 Å². The van der Waals surface area contributed by atoms with Crippen molar-refractivity contribution in [2.24, 2.45) is 0 Å². The van der Waals surface area contributed by atoms with Crippen LogP contribution in [0.4, 0.5) is 47.7 Å². The van der Waals surface area contributed by atoms with E-state index >= 15 is 8.78 Å². The molecule has 0 aliphatic carbocycles. The molecule has 8 aromatic rings. The van der Waals surface area contributed by atoms with Gasteiger partial charge in [0.2, 0.25) is 0 Å². The maximum Gasteiger partial charge on any atom is 1.00 e. The Morgan fingerprint density at radius 1 is 0.380 bits per heavy atom. The standard InChI is InChI=1S/C49H34F2N6O23S6.6Na/c50-33-9-7-25(47(60)54-35-11-13-40(84(70,71)72)31-19-29(82(64,65)66)21-39(43(31)35)81-80-79-63)17-37(33)56-45(58)23-3-1-5-27(15-23)52-49(62)53-28-6-2-4-24(16-28)46(59)57-38-18-26(8-10-34(38)51)48(61)55-36-12-14-41(85(73,74)75)32-20-30(83(67,68)69)22-42(44(32)36)86(76,77)78;;;;;;/h1-22,63H,(H,54,60)(H,55,61)(H,56,58)(H,57,59)(H2,52,53,62)(H,64,65,66)(H,67,68,69)(H,70,71,72)(H,73,74,75)(H,76,77,78);;;;;;/q;6*+1/p-6. The average molecular weight is 1440 g/mol. The third kappa shape index (κ3) is 21.0. The van der Waals surface area contributed by atoms with E-state index in [0.717, 1.165) is 48.5 Å². The zero-order valence-corrected chi connectivity index (χ0v) is 64.7. The molecule has 43 heteroatoms. The summed E-state index contributed by atoms with van der Waals surface area (Å²) in [6, 6.07) is 18.3. The minimum absolute atomic E-state index is 0.